The number of rotatable bonds is 3. The summed E-state index contributed by atoms with van der Waals surface area (Å²) in [4.78, 5) is 33.1. The maximum absolute atomic E-state index is 12.6. The lowest BCUT2D eigenvalue weighted by atomic mass is 10.0. The number of aryl methyl sites for hydroxylation is 1. The third kappa shape index (κ3) is 3.33. The van der Waals surface area contributed by atoms with Crippen molar-refractivity contribution in [3.63, 3.8) is 0 Å². The molecule has 2 amide bonds. The highest BCUT2D eigenvalue weighted by molar-refractivity contribution is 6.30. The van der Waals surface area contributed by atoms with Crippen molar-refractivity contribution < 1.29 is 9.59 Å². The molecule has 136 valence electrons. The molecule has 2 aliphatic heterocycles. The minimum absolute atomic E-state index is 0.0148. The molecule has 1 aromatic heterocycles. The lowest BCUT2D eigenvalue weighted by molar-refractivity contribution is -0.129. The molecule has 3 heterocycles. The zero-order valence-corrected chi connectivity index (χ0v) is 15.4. The standard InChI is InChI=1S/C19H21ClN4O2/c1-22-11-17(21-12-22)19(26)24-9-14-7-23(8-15(14)10-24)18(25)6-13-2-4-16(20)5-3-13/h2-5,11-12,14-15H,6-10H2,1H3/t14-,15-/m1/s1. The van der Waals surface area contributed by atoms with Gasteiger partial charge in [-0.25, -0.2) is 4.98 Å². The molecule has 0 bridgehead atoms. The van der Waals surface area contributed by atoms with Gasteiger partial charge in [-0.2, -0.15) is 0 Å². The van der Waals surface area contributed by atoms with E-state index in [4.69, 9.17) is 11.6 Å². The van der Waals surface area contributed by atoms with Gasteiger partial charge in [-0.15, -0.1) is 0 Å². The largest absolute Gasteiger partial charge is 0.342 e. The minimum Gasteiger partial charge on any atom is -0.342 e. The molecule has 7 heteroatoms. The van der Waals surface area contributed by atoms with Gasteiger partial charge >= 0.3 is 0 Å². The van der Waals surface area contributed by atoms with Crippen molar-refractivity contribution in [3.05, 3.63) is 53.1 Å². The summed E-state index contributed by atoms with van der Waals surface area (Å²) in [6.45, 7) is 2.85. The normalized spacial score (nSPS) is 21.9. The van der Waals surface area contributed by atoms with Crippen molar-refractivity contribution in [2.45, 2.75) is 6.42 Å². The quantitative estimate of drug-likeness (QED) is 0.826. The Labute approximate surface area is 157 Å². The highest BCUT2D eigenvalue weighted by Gasteiger charge is 2.43. The molecule has 0 aliphatic carbocycles. The second kappa shape index (κ2) is 6.76. The zero-order chi connectivity index (χ0) is 18.3. The lowest BCUT2D eigenvalue weighted by Crippen LogP contribution is -2.36. The van der Waals surface area contributed by atoms with Crippen LogP contribution < -0.4 is 0 Å². The van der Waals surface area contributed by atoms with Crippen LogP contribution in [0.3, 0.4) is 0 Å². The van der Waals surface area contributed by atoms with E-state index in [0.29, 0.717) is 42.1 Å². The van der Waals surface area contributed by atoms with Crippen LogP contribution in [0, 0.1) is 11.8 Å². The van der Waals surface area contributed by atoms with Crippen LogP contribution in [-0.2, 0) is 18.3 Å². The van der Waals surface area contributed by atoms with Crippen molar-refractivity contribution in [1.82, 2.24) is 19.4 Å². The molecular weight excluding hydrogens is 352 g/mol. The molecular formula is C19H21ClN4O2. The molecule has 4 rings (SSSR count). The van der Waals surface area contributed by atoms with Gasteiger partial charge in [0.1, 0.15) is 5.69 Å². The number of hydrogen-bond acceptors (Lipinski definition) is 3. The van der Waals surface area contributed by atoms with Gasteiger partial charge in [0, 0.05) is 56.3 Å². The van der Waals surface area contributed by atoms with E-state index in [1.807, 2.05) is 41.1 Å². The van der Waals surface area contributed by atoms with E-state index < -0.39 is 0 Å². The second-order valence-electron chi connectivity index (χ2n) is 7.26. The maximum atomic E-state index is 12.6. The number of carbonyl (C=O) groups is 2. The van der Waals surface area contributed by atoms with E-state index in [1.165, 1.54) is 0 Å². The highest BCUT2D eigenvalue weighted by atomic mass is 35.5. The summed E-state index contributed by atoms with van der Waals surface area (Å²) in [5.74, 6) is 0.844. The number of carbonyl (C=O) groups excluding carboxylic acids is 2. The third-order valence-corrected chi connectivity index (χ3v) is 5.57. The molecule has 6 nitrogen and oxygen atoms in total. The lowest BCUT2D eigenvalue weighted by Gasteiger charge is -2.21. The van der Waals surface area contributed by atoms with E-state index in [2.05, 4.69) is 4.98 Å². The SMILES string of the molecule is Cn1cnc(C(=O)N2C[C@H]3CN(C(=O)Cc4ccc(Cl)cc4)C[C@@H]3C2)c1. The van der Waals surface area contributed by atoms with Crippen molar-refractivity contribution in [3.8, 4) is 0 Å². The molecule has 0 radical (unpaired) electrons. The van der Waals surface area contributed by atoms with Crippen molar-refractivity contribution in [1.29, 1.82) is 0 Å². The average Bonchev–Trinajstić information content (AvgIpc) is 3.30. The zero-order valence-electron chi connectivity index (χ0n) is 14.6. The van der Waals surface area contributed by atoms with Crippen LogP contribution in [0.2, 0.25) is 5.02 Å². The van der Waals surface area contributed by atoms with Crippen LogP contribution >= 0.6 is 11.6 Å². The maximum Gasteiger partial charge on any atom is 0.274 e. The van der Waals surface area contributed by atoms with Gasteiger partial charge in [0.05, 0.1) is 12.7 Å². The molecule has 26 heavy (non-hydrogen) atoms. The van der Waals surface area contributed by atoms with Gasteiger partial charge in [0.15, 0.2) is 0 Å². The fourth-order valence-corrected chi connectivity index (χ4v) is 4.06. The van der Waals surface area contributed by atoms with Crippen molar-refractivity contribution in [2.24, 2.45) is 18.9 Å². The Balaban J connectivity index is 1.33. The topological polar surface area (TPSA) is 58.4 Å². The van der Waals surface area contributed by atoms with Gasteiger partial charge in [0.2, 0.25) is 5.91 Å². The molecule has 0 unspecified atom stereocenters. The van der Waals surface area contributed by atoms with Gasteiger partial charge in [-0.05, 0) is 17.7 Å². The van der Waals surface area contributed by atoms with Gasteiger partial charge in [0.25, 0.3) is 5.91 Å². The van der Waals surface area contributed by atoms with Gasteiger partial charge in [-0.3, -0.25) is 9.59 Å². The van der Waals surface area contributed by atoms with E-state index in [0.717, 1.165) is 18.7 Å². The fraction of sp³-hybridized carbons (Fsp3) is 0.421. The fourth-order valence-electron chi connectivity index (χ4n) is 3.94. The Bertz CT molecular complexity index is 818. The molecule has 2 aliphatic rings. The Morgan fingerprint density at radius 2 is 1.69 bits per heavy atom. The number of fused-ring (bicyclic) bond motifs is 1. The van der Waals surface area contributed by atoms with E-state index >= 15 is 0 Å². The number of benzene rings is 1. The molecule has 1 aromatic carbocycles. The molecule has 2 aromatic rings. The van der Waals surface area contributed by atoms with E-state index in [-0.39, 0.29) is 11.8 Å². The summed E-state index contributed by atoms with van der Waals surface area (Å²) < 4.78 is 1.78. The van der Waals surface area contributed by atoms with Crippen molar-refractivity contribution in [2.75, 3.05) is 26.2 Å². The van der Waals surface area contributed by atoms with Crippen LogP contribution in [0.4, 0.5) is 0 Å². The number of hydrogen-bond donors (Lipinski definition) is 0. The number of likely N-dealkylation sites (tertiary alicyclic amines) is 2. The number of aromatic nitrogens is 2. The summed E-state index contributed by atoms with van der Waals surface area (Å²) in [5, 5.41) is 0.676. The van der Waals surface area contributed by atoms with Crippen LogP contribution in [0.15, 0.2) is 36.8 Å². The molecule has 2 fully saturated rings. The first-order valence-corrected chi connectivity index (χ1v) is 9.17. The molecule has 2 atom stereocenters. The second-order valence-corrected chi connectivity index (χ2v) is 7.69. The first-order valence-electron chi connectivity index (χ1n) is 8.79. The Hall–Kier alpha value is -2.34. The predicted octanol–water partition coefficient (Wildman–Crippen LogP) is 1.85. The molecule has 0 N–H and O–H groups in total. The van der Waals surface area contributed by atoms with E-state index in [9.17, 15) is 9.59 Å². The Kier molecular flexibility index (Phi) is 4.44. The van der Waals surface area contributed by atoms with Crippen LogP contribution in [0.5, 0.6) is 0 Å². The summed E-state index contributed by atoms with van der Waals surface area (Å²) >= 11 is 5.89. The highest BCUT2D eigenvalue weighted by Crippen LogP contribution is 2.32. The van der Waals surface area contributed by atoms with E-state index in [1.54, 1.807) is 17.1 Å². The monoisotopic (exact) mass is 372 g/mol. The summed E-state index contributed by atoms with van der Waals surface area (Å²) in [5.41, 5.74) is 1.46. The average molecular weight is 373 g/mol. The van der Waals surface area contributed by atoms with Crippen LogP contribution in [0.1, 0.15) is 16.1 Å². The predicted molar refractivity (Wildman–Crippen MR) is 97.8 cm³/mol. The third-order valence-electron chi connectivity index (χ3n) is 5.32. The Morgan fingerprint density at radius 1 is 1.08 bits per heavy atom. The summed E-state index contributed by atoms with van der Waals surface area (Å²) in [6.07, 6.45) is 3.78. The first-order chi connectivity index (χ1) is 12.5. The Morgan fingerprint density at radius 3 is 2.27 bits per heavy atom. The van der Waals surface area contributed by atoms with Gasteiger partial charge < -0.3 is 14.4 Å². The molecule has 0 spiro atoms. The van der Waals surface area contributed by atoms with Crippen LogP contribution in [-0.4, -0.2) is 57.3 Å². The first kappa shape index (κ1) is 17.1. The summed E-state index contributed by atoms with van der Waals surface area (Å²) in [6, 6.07) is 7.41. The number of halogens is 1. The molecule has 0 saturated carbocycles. The van der Waals surface area contributed by atoms with Crippen LogP contribution in [0.25, 0.3) is 0 Å². The van der Waals surface area contributed by atoms with Crippen molar-refractivity contribution >= 4 is 23.4 Å². The number of amides is 2. The minimum atomic E-state index is -0.0148. The molecule has 2 saturated heterocycles. The summed E-state index contributed by atoms with van der Waals surface area (Å²) in [7, 11) is 1.85. The number of imidazole rings is 1. The van der Waals surface area contributed by atoms with Gasteiger partial charge in [-0.1, -0.05) is 23.7 Å². The number of nitrogens with zero attached hydrogens (tertiary/aromatic N) is 4. The smallest absolute Gasteiger partial charge is 0.274 e.